The summed E-state index contributed by atoms with van der Waals surface area (Å²) in [7, 11) is 0. The SMILES string of the molecule is Cc1ccc(C(N)=NO)c(Oc2ccc3c(c2)OCO3)n1. The molecule has 7 nitrogen and oxygen atoms in total. The topological polar surface area (TPSA) is 99.2 Å². The Hall–Kier alpha value is -2.96. The van der Waals surface area contributed by atoms with E-state index in [2.05, 4.69) is 10.1 Å². The largest absolute Gasteiger partial charge is 0.454 e. The van der Waals surface area contributed by atoms with Gasteiger partial charge in [0.15, 0.2) is 17.3 Å². The molecule has 0 unspecified atom stereocenters. The molecular weight excluding hydrogens is 274 g/mol. The molecule has 0 fully saturated rings. The highest BCUT2D eigenvalue weighted by molar-refractivity contribution is 5.99. The highest BCUT2D eigenvalue weighted by Gasteiger charge is 2.16. The first-order valence-electron chi connectivity index (χ1n) is 6.20. The van der Waals surface area contributed by atoms with Crippen molar-refractivity contribution < 1.29 is 19.4 Å². The summed E-state index contributed by atoms with van der Waals surface area (Å²) >= 11 is 0. The Labute approximate surface area is 120 Å². The van der Waals surface area contributed by atoms with Crippen LogP contribution in [0.5, 0.6) is 23.1 Å². The van der Waals surface area contributed by atoms with E-state index in [1.165, 1.54) is 0 Å². The van der Waals surface area contributed by atoms with Crippen LogP contribution in [0.3, 0.4) is 0 Å². The predicted octanol–water partition coefficient (Wildman–Crippen LogP) is 2.01. The van der Waals surface area contributed by atoms with Crippen molar-refractivity contribution in [1.82, 2.24) is 4.98 Å². The van der Waals surface area contributed by atoms with Crippen molar-refractivity contribution in [1.29, 1.82) is 0 Å². The minimum atomic E-state index is -0.0711. The number of rotatable bonds is 3. The molecular formula is C14H13N3O4. The number of hydrogen-bond donors (Lipinski definition) is 2. The summed E-state index contributed by atoms with van der Waals surface area (Å²) < 4.78 is 16.2. The maximum atomic E-state index is 8.82. The molecule has 0 amide bonds. The lowest BCUT2D eigenvalue weighted by Crippen LogP contribution is -2.15. The molecule has 1 aromatic heterocycles. The van der Waals surface area contributed by atoms with E-state index in [1.54, 1.807) is 30.3 Å². The Morgan fingerprint density at radius 1 is 1.29 bits per heavy atom. The van der Waals surface area contributed by atoms with Gasteiger partial charge in [0.25, 0.3) is 0 Å². The normalized spacial score (nSPS) is 13.3. The van der Waals surface area contributed by atoms with Crippen molar-refractivity contribution in [2.45, 2.75) is 6.92 Å². The van der Waals surface area contributed by atoms with E-state index in [4.69, 9.17) is 25.2 Å². The van der Waals surface area contributed by atoms with E-state index in [1.807, 2.05) is 6.92 Å². The van der Waals surface area contributed by atoms with Gasteiger partial charge in [-0.25, -0.2) is 4.98 Å². The van der Waals surface area contributed by atoms with Gasteiger partial charge < -0.3 is 25.2 Å². The van der Waals surface area contributed by atoms with Crippen molar-refractivity contribution in [2.24, 2.45) is 10.9 Å². The number of hydrogen-bond acceptors (Lipinski definition) is 6. The lowest BCUT2D eigenvalue weighted by atomic mass is 10.2. The summed E-state index contributed by atoms with van der Waals surface area (Å²) in [6, 6.07) is 8.60. The Kier molecular flexibility index (Phi) is 3.23. The second kappa shape index (κ2) is 5.20. The molecule has 7 heteroatoms. The Morgan fingerprint density at radius 3 is 2.90 bits per heavy atom. The third kappa shape index (κ3) is 2.53. The molecule has 3 N–H and O–H groups in total. The van der Waals surface area contributed by atoms with E-state index >= 15 is 0 Å². The first-order chi connectivity index (χ1) is 10.2. The number of benzene rings is 1. The van der Waals surface area contributed by atoms with E-state index in [0.717, 1.165) is 5.69 Å². The van der Waals surface area contributed by atoms with Crippen LogP contribution in [0, 0.1) is 6.92 Å². The highest BCUT2D eigenvalue weighted by atomic mass is 16.7. The van der Waals surface area contributed by atoms with E-state index in [-0.39, 0.29) is 18.5 Å². The van der Waals surface area contributed by atoms with Crippen LogP contribution in [0.1, 0.15) is 11.3 Å². The van der Waals surface area contributed by atoms with Gasteiger partial charge in [-0.3, -0.25) is 0 Å². The lowest BCUT2D eigenvalue weighted by molar-refractivity contribution is 0.174. The summed E-state index contributed by atoms with van der Waals surface area (Å²) in [6.45, 7) is 2.01. The minimum absolute atomic E-state index is 0.0711. The molecule has 0 saturated heterocycles. The molecule has 1 aromatic carbocycles. The van der Waals surface area contributed by atoms with Crippen LogP contribution in [-0.4, -0.2) is 22.8 Å². The predicted molar refractivity (Wildman–Crippen MR) is 74.1 cm³/mol. The quantitative estimate of drug-likeness (QED) is 0.388. The van der Waals surface area contributed by atoms with Crippen molar-refractivity contribution in [3.8, 4) is 23.1 Å². The summed E-state index contributed by atoms with van der Waals surface area (Å²) in [6.07, 6.45) is 0. The van der Waals surface area contributed by atoms with Gasteiger partial charge in [-0.05, 0) is 31.2 Å². The fourth-order valence-electron chi connectivity index (χ4n) is 1.91. The maximum Gasteiger partial charge on any atom is 0.231 e. The number of nitrogens with zero attached hydrogens (tertiary/aromatic N) is 2. The van der Waals surface area contributed by atoms with Crippen LogP contribution in [0.25, 0.3) is 0 Å². The Bertz CT molecular complexity index is 715. The molecule has 3 rings (SSSR count). The number of fused-ring (bicyclic) bond motifs is 1. The van der Waals surface area contributed by atoms with E-state index in [0.29, 0.717) is 22.8 Å². The fourth-order valence-corrected chi connectivity index (χ4v) is 1.91. The van der Waals surface area contributed by atoms with Crippen LogP contribution in [0.15, 0.2) is 35.5 Å². The summed E-state index contributed by atoms with van der Waals surface area (Å²) in [5, 5.41) is 11.8. The van der Waals surface area contributed by atoms with E-state index < -0.39 is 0 Å². The van der Waals surface area contributed by atoms with Gasteiger partial charge in [0, 0.05) is 11.8 Å². The highest BCUT2D eigenvalue weighted by Crippen LogP contribution is 2.36. The molecule has 2 heterocycles. The van der Waals surface area contributed by atoms with Crippen LogP contribution < -0.4 is 19.9 Å². The van der Waals surface area contributed by atoms with Crippen molar-refractivity contribution in [3.05, 3.63) is 41.6 Å². The van der Waals surface area contributed by atoms with Crippen molar-refractivity contribution in [3.63, 3.8) is 0 Å². The maximum absolute atomic E-state index is 8.82. The molecule has 0 atom stereocenters. The van der Waals surface area contributed by atoms with Crippen LogP contribution >= 0.6 is 0 Å². The van der Waals surface area contributed by atoms with Gasteiger partial charge in [-0.15, -0.1) is 0 Å². The number of nitrogens with two attached hydrogens (primary N) is 1. The summed E-state index contributed by atoms with van der Waals surface area (Å²) in [5.41, 5.74) is 6.78. The molecule has 0 radical (unpaired) electrons. The second-order valence-corrected chi connectivity index (χ2v) is 4.41. The molecule has 2 aromatic rings. The van der Waals surface area contributed by atoms with Gasteiger partial charge in [-0.1, -0.05) is 5.16 Å². The molecule has 0 bridgehead atoms. The number of amidine groups is 1. The van der Waals surface area contributed by atoms with Crippen molar-refractivity contribution in [2.75, 3.05) is 6.79 Å². The number of aromatic nitrogens is 1. The number of pyridine rings is 1. The average Bonchev–Trinajstić information content (AvgIpc) is 2.94. The zero-order valence-corrected chi connectivity index (χ0v) is 11.2. The Morgan fingerprint density at radius 2 is 2.10 bits per heavy atom. The summed E-state index contributed by atoms with van der Waals surface area (Å²) in [4.78, 5) is 4.26. The zero-order chi connectivity index (χ0) is 14.8. The third-order valence-corrected chi connectivity index (χ3v) is 2.94. The van der Waals surface area contributed by atoms with Gasteiger partial charge >= 0.3 is 0 Å². The number of ether oxygens (including phenoxy) is 3. The second-order valence-electron chi connectivity index (χ2n) is 4.41. The number of aryl methyl sites for hydroxylation is 1. The van der Waals surface area contributed by atoms with Gasteiger partial charge in [-0.2, -0.15) is 0 Å². The minimum Gasteiger partial charge on any atom is -0.454 e. The third-order valence-electron chi connectivity index (χ3n) is 2.94. The molecule has 21 heavy (non-hydrogen) atoms. The van der Waals surface area contributed by atoms with Crippen molar-refractivity contribution >= 4 is 5.84 Å². The molecule has 0 saturated carbocycles. The Balaban J connectivity index is 1.96. The van der Waals surface area contributed by atoms with Gasteiger partial charge in [0.2, 0.25) is 12.7 Å². The first kappa shape index (κ1) is 13.0. The molecule has 1 aliphatic rings. The van der Waals surface area contributed by atoms with Gasteiger partial charge in [0.05, 0.1) is 5.56 Å². The first-order valence-corrected chi connectivity index (χ1v) is 6.20. The standard InChI is InChI=1S/C14H13N3O4/c1-8-2-4-10(13(15)17-18)14(16-8)21-9-3-5-11-12(6-9)20-7-19-11/h2-6,18H,7H2,1H3,(H2,15,17). The fraction of sp³-hybridized carbons (Fsp3) is 0.143. The van der Waals surface area contributed by atoms with Crippen LogP contribution in [0.4, 0.5) is 0 Å². The number of oxime groups is 1. The monoisotopic (exact) mass is 287 g/mol. The average molecular weight is 287 g/mol. The summed E-state index contributed by atoms with van der Waals surface area (Å²) in [5.74, 6) is 1.97. The van der Waals surface area contributed by atoms with Crippen LogP contribution in [-0.2, 0) is 0 Å². The molecule has 0 spiro atoms. The van der Waals surface area contributed by atoms with Gasteiger partial charge in [0.1, 0.15) is 5.75 Å². The molecule has 0 aliphatic carbocycles. The lowest BCUT2D eigenvalue weighted by Gasteiger charge is -2.10. The van der Waals surface area contributed by atoms with E-state index in [9.17, 15) is 0 Å². The molecule has 108 valence electrons. The van der Waals surface area contributed by atoms with Crippen LogP contribution in [0.2, 0.25) is 0 Å². The molecule has 1 aliphatic heterocycles. The zero-order valence-electron chi connectivity index (χ0n) is 11.2. The smallest absolute Gasteiger partial charge is 0.231 e.